The molecule has 1 fully saturated rings. The standard InChI is InChI=1S/C17H30O2/c1-6-12(11-13(7-2)16(18)19)15-10-9-14(8-3)17(15,4)5/h6,13-15H,7-11H2,1-5H3,(H,18,19)/t13-,14?,15?/m1/s1. The summed E-state index contributed by atoms with van der Waals surface area (Å²) in [5.74, 6) is 0.473. The van der Waals surface area contributed by atoms with E-state index in [9.17, 15) is 9.90 Å². The number of hydrogen-bond acceptors (Lipinski definition) is 1. The molecule has 0 saturated heterocycles. The lowest BCUT2D eigenvalue weighted by molar-refractivity contribution is -0.141. The van der Waals surface area contributed by atoms with E-state index in [2.05, 4.69) is 33.8 Å². The average molecular weight is 266 g/mol. The fourth-order valence-electron chi connectivity index (χ4n) is 3.94. The van der Waals surface area contributed by atoms with E-state index in [1.165, 1.54) is 24.8 Å². The van der Waals surface area contributed by atoms with E-state index in [0.717, 1.165) is 18.8 Å². The minimum absolute atomic E-state index is 0.220. The van der Waals surface area contributed by atoms with Crippen LogP contribution in [0.2, 0.25) is 0 Å². The third-order valence-corrected chi connectivity index (χ3v) is 5.39. The Morgan fingerprint density at radius 2 is 2.00 bits per heavy atom. The fraction of sp³-hybridized carbons (Fsp3) is 0.824. The van der Waals surface area contributed by atoms with Crippen LogP contribution in [-0.2, 0) is 4.79 Å². The van der Waals surface area contributed by atoms with Crippen molar-refractivity contribution in [2.45, 2.75) is 66.7 Å². The third kappa shape index (κ3) is 3.40. The van der Waals surface area contributed by atoms with E-state index in [1.807, 2.05) is 6.92 Å². The molecule has 1 aliphatic carbocycles. The summed E-state index contributed by atoms with van der Waals surface area (Å²) in [5, 5.41) is 9.26. The molecule has 0 aromatic carbocycles. The maximum atomic E-state index is 11.3. The Labute approximate surface area is 118 Å². The van der Waals surface area contributed by atoms with E-state index in [-0.39, 0.29) is 5.92 Å². The van der Waals surface area contributed by atoms with Crippen LogP contribution >= 0.6 is 0 Å². The summed E-state index contributed by atoms with van der Waals surface area (Å²) < 4.78 is 0. The van der Waals surface area contributed by atoms with Crippen molar-refractivity contribution in [1.82, 2.24) is 0 Å². The zero-order valence-corrected chi connectivity index (χ0v) is 13.2. The van der Waals surface area contributed by atoms with E-state index in [1.54, 1.807) is 0 Å². The van der Waals surface area contributed by atoms with E-state index in [0.29, 0.717) is 11.3 Å². The molecular formula is C17H30O2. The van der Waals surface area contributed by atoms with Crippen LogP contribution < -0.4 is 0 Å². The third-order valence-electron chi connectivity index (χ3n) is 5.39. The van der Waals surface area contributed by atoms with Crippen molar-refractivity contribution in [1.29, 1.82) is 0 Å². The lowest BCUT2D eigenvalue weighted by Crippen LogP contribution is -2.27. The first-order valence-electron chi connectivity index (χ1n) is 7.76. The molecule has 0 aromatic heterocycles. The van der Waals surface area contributed by atoms with Crippen molar-refractivity contribution in [3.8, 4) is 0 Å². The van der Waals surface area contributed by atoms with Crippen LogP contribution in [0.3, 0.4) is 0 Å². The van der Waals surface area contributed by atoms with Gasteiger partial charge in [-0.3, -0.25) is 4.79 Å². The van der Waals surface area contributed by atoms with Gasteiger partial charge in [0.2, 0.25) is 0 Å². The second-order valence-electron chi connectivity index (χ2n) is 6.57. The summed E-state index contributed by atoms with van der Waals surface area (Å²) in [7, 11) is 0. The fourth-order valence-corrected chi connectivity index (χ4v) is 3.94. The van der Waals surface area contributed by atoms with Gasteiger partial charge in [-0.15, -0.1) is 0 Å². The molecule has 2 heteroatoms. The first kappa shape index (κ1) is 16.3. The highest BCUT2D eigenvalue weighted by Crippen LogP contribution is 2.52. The van der Waals surface area contributed by atoms with Crippen molar-refractivity contribution in [3.63, 3.8) is 0 Å². The minimum atomic E-state index is -0.648. The number of allylic oxidation sites excluding steroid dienone is 2. The monoisotopic (exact) mass is 266 g/mol. The van der Waals surface area contributed by atoms with Gasteiger partial charge in [0.15, 0.2) is 0 Å². The summed E-state index contributed by atoms with van der Waals surface area (Å²) in [5.41, 5.74) is 1.68. The van der Waals surface area contributed by atoms with Gasteiger partial charge in [-0.2, -0.15) is 0 Å². The van der Waals surface area contributed by atoms with Crippen molar-refractivity contribution >= 4 is 5.97 Å². The van der Waals surface area contributed by atoms with Crippen molar-refractivity contribution < 1.29 is 9.90 Å². The van der Waals surface area contributed by atoms with Crippen LogP contribution in [0, 0.1) is 23.2 Å². The van der Waals surface area contributed by atoms with Gasteiger partial charge in [0.05, 0.1) is 5.92 Å². The Hall–Kier alpha value is -0.790. The Morgan fingerprint density at radius 3 is 2.37 bits per heavy atom. The molecule has 0 heterocycles. The lowest BCUT2D eigenvalue weighted by atomic mass is 9.70. The quantitative estimate of drug-likeness (QED) is 0.694. The SMILES string of the molecule is CC=C(C[C@@H](CC)C(=O)O)C1CCC(CC)C1(C)C. The molecule has 0 radical (unpaired) electrons. The number of aliphatic carboxylic acids is 1. The number of carboxylic acid groups (broad SMARTS) is 1. The van der Waals surface area contributed by atoms with Crippen LogP contribution in [0.15, 0.2) is 11.6 Å². The van der Waals surface area contributed by atoms with Gasteiger partial charge in [-0.05, 0) is 49.9 Å². The summed E-state index contributed by atoms with van der Waals surface area (Å²) in [6.07, 6.45) is 7.37. The molecule has 110 valence electrons. The Balaban J connectivity index is 2.85. The molecule has 0 spiro atoms. The molecule has 1 saturated carbocycles. The largest absolute Gasteiger partial charge is 0.481 e. The predicted molar refractivity (Wildman–Crippen MR) is 80.1 cm³/mol. The molecule has 19 heavy (non-hydrogen) atoms. The number of hydrogen-bond donors (Lipinski definition) is 1. The highest BCUT2D eigenvalue weighted by atomic mass is 16.4. The zero-order valence-electron chi connectivity index (χ0n) is 13.2. The number of carboxylic acids is 1. The predicted octanol–water partition coefficient (Wildman–Crippen LogP) is 4.90. The molecule has 3 atom stereocenters. The molecule has 0 amide bonds. The molecule has 0 aliphatic heterocycles. The van der Waals surface area contributed by atoms with Crippen LogP contribution in [0.25, 0.3) is 0 Å². The van der Waals surface area contributed by atoms with Gasteiger partial charge in [0.1, 0.15) is 0 Å². The highest BCUT2D eigenvalue weighted by molar-refractivity contribution is 5.70. The maximum absolute atomic E-state index is 11.3. The van der Waals surface area contributed by atoms with Gasteiger partial charge in [0.25, 0.3) is 0 Å². The van der Waals surface area contributed by atoms with E-state index >= 15 is 0 Å². The summed E-state index contributed by atoms with van der Waals surface area (Å²) >= 11 is 0. The highest BCUT2D eigenvalue weighted by Gasteiger charge is 2.43. The molecular weight excluding hydrogens is 236 g/mol. The first-order valence-corrected chi connectivity index (χ1v) is 7.76. The molecule has 1 rings (SSSR count). The second kappa shape index (κ2) is 6.58. The normalized spacial score (nSPS) is 28.4. The Kier molecular flexibility index (Phi) is 5.64. The van der Waals surface area contributed by atoms with Gasteiger partial charge in [0, 0.05) is 0 Å². The van der Waals surface area contributed by atoms with E-state index in [4.69, 9.17) is 0 Å². The van der Waals surface area contributed by atoms with Crippen LogP contribution in [0.4, 0.5) is 0 Å². The molecule has 0 aromatic rings. The van der Waals surface area contributed by atoms with Crippen LogP contribution in [0.5, 0.6) is 0 Å². The molecule has 2 unspecified atom stereocenters. The van der Waals surface area contributed by atoms with Crippen LogP contribution in [-0.4, -0.2) is 11.1 Å². The molecule has 1 aliphatic rings. The lowest BCUT2D eigenvalue weighted by Gasteiger charge is -2.35. The molecule has 1 N–H and O–H groups in total. The average Bonchev–Trinajstić information content (AvgIpc) is 2.65. The molecule has 0 bridgehead atoms. The van der Waals surface area contributed by atoms with Crippen molar-refractivity contribution in [2.24, 2.45) is 23.2 Å². The topological polar surface area (TPSA) is 37.3 Å². The summed E-state index contributed by atoms with van der Waals surface area (Å²) in [6, 6.07) is 0. The second-order valence-corrected chi connectivity index (χ2v) is 6.57. The van der Waals surface area contributed by atoms with E-state index < -0.39 is 5.97 Å². The van der Waals surface area contributed by atoms with Crippen LogP contribution in [0.1, 0.15) is 66.7 Å². The Bertz CT molecular complexity index is 341. The van der Waals surface area contributed by atoms with Gasteiger partial charge < -0.3 is 5.11 Å². The number of carbonyl (C=O) groups is 1. The minimum Gasteiger partial charge on any atom is -0.481 e. The molecule has 2 nitrogen and oxygen atoms in total. The van der Waals surface area contributed by atoms with Crippen molar-refractivity contribution in [3.05, 3.63) is 11.6 Å². The van der Waals surface area contributed by atoms with Gasteiger partial charge in [-0.1, -0.05) is 45.8 Å². The smallest absolute Gasteiger partial charge is 0.306 e. The zero-order chi connectivity index (χ0) is 14.6. The number of rotatable bonds is 6. The Morgan fingerprint density at radius 1 is 1.37 bits per heavy atom. The maximum Gasteiger partial charge on any atom is 0.306 e. The first-order chi connectivity index (χ1) is 8.88. The van der Waals surface area contributed by atoms with Gasteiger partial charge in [-0.25, -0.2) is 0 Å². The summed E-state index contributed by atoms with van der Waals surface area (Å²) in [4.78, 5) is 11.3. The van der Waals surface area contributed by atoms with Crippen molar-refractivity contribution in [2.75, 3.05) is 0 Å². The van der Waals surface area contributed by atoms with Gasteiger partial charge >= 0.3 is 5.97 Å². The summed E-state index contributed by atoms with van der Waals surface area (Å²) in [6.45, 7) is 11.0.